The highest BCUT2D eigenvalue weighted by Crippen LogP contribution is 2.47. The Labute approximate surface area is 178 Å². The van der Waals surface area contributed by atoms with E-state index in [1.165, 1.54) is 47.5 Å². The number of carbonyl (C=O) groups is 1. The molecular formula is C23H22F2N4O2. The fourth-order valence-electron chi connectivity index (χ4n) is 4.72. The standard InChI is InChI=1S/C23H22F2N4O2/c1-14-15-10-18(11-15)28(22(14)13-31-19-5-2-16(24)3-6-19)23(30)20-12-17(25)4-7-21(20)29-26-8-9-27-29/h2-9,12,14-15,18,22H,10-11,13H2,1H3. The number of carbonyl (C=O) groups excluding carboxylic acids is 1. The van der Waals surface area contributed by atoms with Gasteiger partial charge in [-0.05, 0) is 67.1 Å². The van der Waals surface area contributed by atoms with Crippen LogP contribution in [0.4, 0.5) is 8.78 Å². The van der Waals surface area contributed by atoms with Crippen LogP contribution in [-0.2, 0) is 0 Å². The summed E-state index contributed by atoms with van der Waals surface area (Å²) < 4.78 is 33.2. The quantitative estimate of drug-likeness (QED) is 0.624. The van der Waals surface area contributed by atoms with Crippen molar-refractivity contribution in [2.45, 2.75) is 31.8 Å². The maximum Gasteiger partial charge on any atom is 0.256 e. The molecule has 0 N–H and O–H groups in total. The van der Waals surface area contributed by atoms with Gasteiger partial charge in [-0.2, -0.15) is 15.0 Å². The van der Waals surface area contributed by atoms with Crippen LogP contribution in [0.25, 0.3) is 5.69 Å². The highest BCUT2D eigenvalue weighted by atomic mass is 19.1. The molecule has 2 aromatic carbocycles. The van der Waals surface area contributed by atoms with Crippen LogP contribution in [0.15, 0.2) is 54.9 Å². The lowest BCUT2D eigenvalue weighted by molar-refractivity contribution is -0.0671. The fourth-order valence-corrected chi connectivity index (χ4v) is 4.72. The summed E-state index contributed by atoms with van der Waals surface area (Å²) in [5.41, 5.74) is 0.657. The summed E-state index contributed by atoms with van der Waals surface area (Å²) in [6.45, 7) is 2.41. The molecule has 1 aliphatic carbocycles. The molecular weight excluding hydrogens is 402 g/mol. The van der Waals surface area contributed by atoms with Crippen LogP contribution >= 0.6 is 0 Å². The average Bonchev–Trinajstić information content (AvgIpc) is 3.27. The van der Waals surface area contributed by atoms with Crippen LogP contribution < -0.4 is 4.74 Å². The number of benzene rings is 2. The van der Waals surface area contributed by atoms with E-state index in [0.717, 1.165) is 12.8 Å². The van der Waals surface area contributed by atoms with Crippen molar-refractivity contribution in [2.24, 2.45) is 11.8 Å². The van der Waals surface area contributed by atoms with E-state index >= 15 is 0 Å². The monoisotopic (exact) mass is 424 g/mol. The summed E-state index contributed by atoms with van der Waals surface area (Å²) in [7, 11) is 0. The molecule has 3 fully saturated rings. The summed E-state index contributed by atoms with van der Waals surface area (Å²) in [5, 5.41) is 8.21. The second-order valence-corrected chi connectivity index (χ2v) is 8.27. The van der Waals surface area contributed by atoms with Crippen LogP contribution in [0, 0.1) is 23.5 Å². The van der Waals surface area contributed by atoms with Gasteiger partial charge in [0.15, 0.2) is 0 Å². The molecule has 160 valence electrons. The Hall–Kier alpha value is -3.29. The van der Waals surface area contributed by atoms with Crippen molar-refractivity contribution in [1.82, 2.24) is 19.9 Å². The first kappa shape index (κ1) is 19.7. The fraction of sp³-hybridized carbons (Fsp3) is 0.348. The third-order valence-corrected chi connectivity index (χ3v) is 6.54. The molecule has 8 heteroatoms. The topological polar surface area (TPSA) is 60.2 Å². The number of rotatable bonds is 5. The highest BCUT2D eigenvalue weighted by molar-refractivity contribution is 5.98. The molecule has 6 rings (SSSR count). The Morgan fingerprint density at radius 2 is 1.74 bits per heavy atom. The molecule has 0 spiro atoms. The minimum Gasteiger partial charge on any atom is -0.491 e. The first-order valence-electron chi connectivity index (χ1n) is 10.4. The van der Waals surface area contributed by atoms with Crippen molar-refractivity contribution in [3.63, 3.8) is 0 Å². The largest absolute Gasteiger partial charge is 0.491 e. The maximum atomic E-state index is 14.1. The lowest BCUT2D eigenvalue weighted by atomic mass is 9.64. The van der Waals surface area contributed by atoms with E-state index in [0.29, 0.717) is 17.4 Å². The van der Waals surface area contributed by atoms with Crippen molar-refractivity contribution in [1.29, 1.82) is 0 Å². The zero-order valence-corrected chi connectivity index (χ0v) is 17.0. The Bertz CT molecular complexity index is 1080. The van der Waals surface area contributed by atoms with Crippen molar-refractivity contribution >= 4 is 5.91 Å². The van der Waals surface area contributed by atoms with Crippen LogP contribution in [-0.4, -0.2) is 44.5 Å². The van der Waals surface area contributed by atoms with Gasteiger partial charge in [-0.3, -0.25) is 4.79 Å². The third kappa shape index (κ3) is 3.56. The summed E-state index contributed by atoms with van der Waals surface area (Å²) in [5.74, 6) is 0.240. The van der Waals surface area contributed by atoms with E-state index in [4.69, 9.17) is 4.74 Å². The zero-order valence-electron chi connectivity index (χ0n) is 17.0. The van der Waals surface area contributed by atoms with Crippen LogP contribution in [0.5, 0.6) is 5.75 Å². The SMILES string of the molecule is CC1C2CC(C2)N(C(=O)c2cc(F)ccc2-n2nccn2)C1COc1ccc(F)cc1. The first-order valence-corrected chi connectivity index (χ1v) is 10.4. The van der Waals surface area contributed by atoms with E-state index in [2.05, 4.69) is 17.1 Å². The first-order chi connectivity index (χ1) is 15.0. The van der Waals surface area contributed by atoms with Gasteiger partial charge in [-0.25, -0.2) is 8.78 Å². The van der Waals surface area contributed by atoms with Gasteiger partial charge < -0.3 is 9.64 Å². The summed E-state index contributed by atoms with van der Waals surface area (Å²) in [4.78, 5) is 16.9. The van der Waals surface area contributed by atoms with Gasteiger partial charge >= 0.3 is 0 Å². The van der Waals surface area contributed by atoms with Crippen molar-refractivity contribution in [3.8, 4) is 11.4 Å². The second kappa shape index (κ2) is 7.76. The maximum absolute atomic E-state index is 14.1. The van der Waals surface area contributed by atoms with Gasteiger partial charge in [0.25, 0.3) is 5.91 Å². The molecule has 6 nitrogen and oxygen atoms in total. The molecule has 0 radical (unpaired) electrons. The Balaban J connectivity index is 1.45. The number of hydrogen-bond acceptors (Lipinski definition) is 4. The number of amides is 1. The Morgan fingerprint density at radius 3 is 2.45 bits per heavy atom. The van der Waals surface area contributed by atoms with Gasteiger partial charge in [0, 0.05) is 6.04 Å². The smallest absolute Gasteiger partial charge is 0.256 e. The van der Waals surface area contributed by atoms with Gasteiger partial charge in [0.2, 0.25) is 0 Å². The number of piperidine rings is 2. The Kier molecular flexibility index (Phi) is 4.92. The molecule has 3 heterocycles. The van der Waals surface area contributed by atoms with Crippen molar-refractivity contribution in [2.75, 3.05) is 6.61 Å². The van der Waals surface area contributed by atoms with E-state index in [1.807, 2.05) is 4.90 Å². The van der Waals surface area contributed by atoms with Crippen molar-refractivity contribution in [3.05, 3.63) is 72.1 Å². The summed E-state index contributed by atoms with van der Waals surface area (Å²) in [6.07, 6.45) is 4.89. The molecule has 2 unspecified atom stereocenters. The molecule has 3 aromatic rings. The normalized spacial score (nSPS) is 24.5. The Morgan fingerprint density at radius 1 is 1.06 bits per heavy atom. The predicted molar refractivity (Wildman–Crippen MR) is 109 cm³/mol. The molecule has 3 aliphatic rings. The van der Waals surface area contributed by atoms with Gasteiger partial charge in [-0.15, -0.1) is 0 Å². The average molecular weight is 424 g/mol. The third-order valence-electron chi connectivity index (χ3n) is 6.54. The minimum atomic E-state index is -0.491. The van der Waals surface area contributed by atoms with Crippen LogP contribution in [0.1, 0.15) is 30.1 Å². The number of ether oxygens (including phenoxy) is 1. The van der Waals surface area contributed by atoms with Gasteiger partial charge in [0.1, 0.15) is 24.0 Å². The molecule has 31 heavy (non-hydrogen) atoms. The van der Waals surface area contributed by atoms with E-state index in [1.54, 1.807) is 12.1 Å². The number of fused-ring (bicyclic) bond motifs is 2. The van der Waals surface area contributed by atoms with E-state index in [9.17, 15) is 13.6 Å². The molecule has 1 aromatic heterocycles. The van der Waals surface area contributed by atoms with Crippen molar-refractivity contribution < 1.29 is 18.3 Å². The number of hydrogen-bond donors (Lipinski definition) is 0. The number of halogens is 2. The summed E-state index contributed by atoms with van der Waals surface area (Å²) >= 11 is 0. The van der Waals surface area contributed by atoms with Gasteiger partial charge in [-0.1, -0.05) is 6.92 Å². The molecule has 2 aliphatic heterocycles. The lowest BCUT2D eigenvalue weighted by Crippen LogP contribution is -2.64. The van der Waals surface area contributed by atoms with Crippen LogP contribution in [0.2, 0.25) is 0 Å². The summed E-state index contributed by atoms with van der Waals surface area (Å²) in [6, 6.07) is 9.81. The molecule has 2 saturated heterocycles. The second-order valence-electron chi connectivity index (χ2n) is 8.27. The minimum absolute atomic E-state index is 0.0946. The number of nitrogens with zero attached hydrogens (tertiary/aromatic N) is 4. The molecule has 2 bridgehead atoms. The number of aromatic nitrogens is 3. The lowest BCUT2D eigenvalue weighted by Gasteiger charge is -2.57. The highest BCUT2D eigenvalue weighted by Gasteiger charge is 2.51. The predicted octanol–water partition coefficient (Wildman–Crippen LogP) is 3.86. The molecule has 1 saturated carbocycles. The molecule has 1 amide bonds. The van der Waals surface area contributed by atoms with E-state index in [-0.39, 0.29) is 41.9 Å². The zero-order chi connectivity index (χ0) is 21.5. The van der Waals surface area contributed by atoms with Gasteiger partial charge in [0.05, 0.1) is 29.7 Å². The van der Waals surface area contributed by atoms with E-state index < -0.39 is 5.82 Å². The molecule has 2 atom stereocenters. The van der Waals surface area contributed by atoms with Crippen LogP contribution in [0.3, 0.4) is 0 Å².